The molecule has 0 aliphatic carbocycles. The Labute approximate surface area is 178 Å². The van der Waals surface area contributed by atoms with Crippen molar-refractivity contribution in [3.63, 3.8) is 0 Å². The van der Waals surface area contributed by atoms with E-state index in [2.05, 4.69) is 4.98 Å². The maximum absolute atomic E-state index is 12.9. The first kappa shape index (κ1) is 23.0. The summed E-state index contributed by atoms with van der Waals surface area (Å²) in [4.78, 5) is 18.3. The van der Waals surface area contributed by atoms with Crippen LogP contribution in [0.5, 0.6) is 0 Å². The molecule has 1 fully saturated rings. The number of aryl methyl sites for hydroxylation is 1. The first-order valence-electron chi connectivity index (χ1n) is 9.68. The van der Waals surface area contributed by atoms with Crippen LogP contribution in [-0.2, 0) is 22.6 Å². The van der Waals surface area contributed by atoms with Crippen LogP contribution >= 0.6 is 0 Å². The van der Waals surface area contributed by atoms with Crippen LogP contribution in [-0.4, -0.2) is 54.2 Å². The van der Waals surface area contributed by atoms with E-state index >= 15 is 0 Å². The van der Waals surface area contributed by atoms with Crippen LogP contribution in [0.1, 0.15) is 35.3 Å². The fraction of sp³-hybridized carbons (Fsp3) is 0.400. The Morgan fingerprint density at radius 1 is 1.23 bits per heavy atom. The number of amides is 1. The van der Waals surface area contributed by atoms with Gasteiger partial charge in [0.1, 0.15) is 5.82 Å². The number of nitrogens with two attached hydrogens (primary N) is 1. The molecule has 0 radical (unpaired) electrons. The predicted octanol–water partition coefficient (Wildman–Crippen LogP) is 2.78. The second-order valence-electron chi connectivity index (χ2n) is 7.35. The first-order chi connectivity index (χ1) is 14.4. The number of carbonyl (C=O) groups is 1. The number of anilines is 1. The van der Waals surface area contributed by atoms with E-state index in [1.54, 1.807) is 17.9 Å². The van der Waals surface area contributed by atoms with Crippen LogP contribution in [0.4, 0.5) is 19.0 Å². The summed E-state index contributed by atoms with van der Waals surface area (Å²) < 4.78 is 65.2. The lowest BCUT2D eigenvalue weighted by Crippen LogP contribution is -2.55. The number of carbonyl (C=O) groups excluding carboxylic acids is 1. The molecule has 0 unspecified atom stereocenters. The Morgan fingerprint density at radius 3 is 2.42 bits per heavy atom. The number of pyridine rings is 1. The summed E-state index contributed by atoms with van der Waals surface area (Å²) in [6, 6.07) is 4.64. The molecule has 0 bridgehead atoms. The number of nitrogen functional groups attached to an aromatic ring is 1. The molecule has 1 amide bonds. The Bertz CT molecular complexity index is 1070. The lowest BCUT2D eigenvalue weighted by Gasteiger charge is -2.39. The number of alkyl halides is 3. The molecule has 0 spiro atoms. The van der Waals surface area contributed by atoms with Crippen LogP contribution in [0.15, 0.2) is 41.4 Å². The lowest BCUT2D eigenvalue weighted by molar-refractivity contribution is -0.137. The van der Waals surface area contributed by atoms with Gasteiger partial charge in [-0.3, -0.25) is 4.79 Å². The average Bonchev–Trinajstić information content (AvgIpc) is 2.73. The zero-order valence-electron chi connectivity index (χ0n) is 17.1. The molecule has 31 heavy (non-hydrogen) atoms. The zero-order valence-corrected chi connectivity index (χ0v) is 17.9. The van der Waals surface area contributed by atoms with Gasteiger partial charge >= 0.3 is 6.18 Å². The first-order valence-corrected chi connectivity index (χ1v) is 11.1. The number of aromatic nitrogens is 1. The molecule has 11 heteroatoms. The predicted molar refractivity (Wildman–Crippen MR) is 109 cm³/mol. The second-order valence-corrected chi connectivity index (χ2v) is 9.29. The Balaban J connectivity index is 1.75. The van der Waals surface area contributed by atoms with Crippen LogP contribution < -0.4 is 5.73 Å². The highest BCUT2D eigenvalue weighted by molar-refractivity contribution is 7.89. The summed E-state index contributed by atoms with van der Waals surface area (Å²) in [5.41, 5.74) is 5.99. The van der Waals surface area contributed by atoms with Crippen LogP contribution in [0.3, 0.4) is 0 Å². The highest BCUT2D eigenvalue weighted by atomic mass is 32.2. The number of benzene rings is 1. The van der Waals surface area contributed by atoms with E-state index < -0.39 is 27.8 Å². The van der Waals surface area contributed by atoms with E-state index in [0.29, 0.717) is 17.8 Å². The molecule has 1 aliphatic heterocycles. The fourth-order valence-electron chi connectivity index (χ4n) is 3.50. The van der Waals surface area contributed by atoms with Crippen molar-refractivity contribution in [2.45, 2.75) is 37.4 Å². The van der Waals surface area contributed by atoms with Gasteiger partial charge < -0.3 is 10.6 Å². The fourth-order valence-corrected chi connectivity index (χ4v) is 5.01. The quantitative estimate of drug-likeness (QED) is 0.763. The van der Waals surface area contributed by atoms with Crippen LogP contribution in [0.25, 0.3) is 0 Å². The topological polar surface area (TPSA) is 96.6 Å². The Kier molecular flexibility index (Phi) is 6.28. The van der Waals surface area contributed by atoms with Crippen LogP contribution in [0.2, 0.25) is 0 Å². The maximum Gasteiger partial charge on any atom is 0.416 e. The summed E-state index contributed by atoms with van der Waals surface area (Å²) in [6.45, 7) is 3.82. The molecular formula is C20H23F3N4O3S. The minimum atomic E-state index is -4.54. The minimum absolute atomic E-state index is 0.0259. The van der Waals surface area contributed by atoms with Crippen molar-refractivity contribution >= 4 is 21.7 Å². The molecule has 2 heterocycles. The standard InChI is InChI=1S/C20H23F3N4O3S/c1-3-14-10-15(11-25-18(14)24)19(28)27-9-8-26(12-13(27)2)31(29,30)17-6-4-16(5-7-17)20(21,22)23/h4-7,10-11,13H,3,8-9,12H2,1-2H3,(H2,24,25)/t13-/m0/s1. The zero-order chi connectivity index (χ0) is 23.0. The molecule has 1 saturated heterocycles. The molecule has 7 nitrogen and oxygen atoms in total. The second kappa shape index (κ2) is 8.46. The van der Waals surface area contributed by atoms with E-state index in [0.717, 1.165) is 29.8 Å². The Hall–Kier alpha value is -2.66. The molecule has 2 aromatic rings. The van der Waals surface area contributed by atoms with Crippen molar-refractivity contribution in [2.75, 3.05) is 25.4 Å². The number of nitrogens with zero attached hydrogens (tertiary/aromatic N) is 3. The van der Waals surface area contributed by atoms with Gasteiger partial charge in [-0.2, -0.15) is 17.5 Å². The third-order valence-electron chi connectivity index (χ3n) is 5.30. The van der Waals surface area contributed by atoms with Gasteiger partial charge in [-0.1, -0.05) is 6.92 Å². The van der Waals surface area contributed by atoms with E-state index in [-0.39, 0.29) is 30.4 Å². The smallest absolute Gasteiger partial charge is 0.383 e. The molecule has 1 atom stereocenters. The summed E-state index contributed by atoms with van der Waals surface area (Å²) in [5, 5.41) is 0. The Morgan fingerprint density at radius 2 is 1.87 bits per heavy atom. The summed E-state index contributed by atoms with van der Waals surface area (Å²) in [7, 11) is -3.99. The highest BCUT2D eigenvalue weighted by Crippen LogP contribution is 2.30. The highest BCUT2D eigenvalue weighted by Gasteiger charge is 2.36. The van der Waals surface area contributed by atoms with E-state index in [4.69, 9.17) is 5.73 Å². The number of hydrogen-bond acceptors (Lipinski definition) is 5. The van der Waals surface area contributed by atoms with Gasteiger partial charge in [-0.15, -0.1) is 0 Å². The molecule has 1 aliphatic rings. The molecule has 1 aromatic carbocycles. The van der Waals surface area contributed by atoms with E-state index in [1.807, 2.05) is 6.92 Å². The van der Waals surface area contributed by atoms with E-state index in [1.165, 1.54) is 10.5 Å². The molecule has 168 valence electrons. The SMILES string of the molecule is CCc1cc(C(=O)N2CCN(S(=O)(=O)c3ccc(C(F)(F)F)cc3)C[C@@H]2C)cnc1N. The van der Waals surface area contributed by atoms with Gasteiger partial charge in [0, 0.05) is 31.9 Å². The molecule has 3 rings (SSSR count). The van der Waals surface area contributed by atoms with Crippen molar-refractivity contribution < 1.29 is 26.4 Å². The van der Waals surface area contributed by atoms with Crippen molar-refractivity contribution in [1.29, 1.82) is 0 Å². The normalized spacial score (nSPS) is 18.2. The number of piperazine rings is 1. The van der Waals surface area contributed by atoms with Crippen molar-refractivity contribution in [3.05, 3.63) is 53.2 Å². The summed E-state index contributed by atoms with van der Waals surface area (Å²) >= 11 is 0. The van der Waals surface area contributed by atoms with Gasteiger partial charge in [0.05, 0.1) is 16.0 Å². The molecule has 2 N–H and O–H groups in total. The van der Waals surface area contributed by atoms with Crippen LogP contribution in [0, 0.1) is 0 Å². The van der Waals surface area contributed by atoms with Crippen molar-refractivity contribution in [2.24, 2.45) is 0 Å². The van der Waals surface area contributed by atoms with Gasteiger partial charge in [-0.25, -0.2) is 13.4 Å². The molecular weight excluding hydrogens is 433 g/mol. The third kappa shape index (κ3) is 4.67. The average molecular weight is 456 g/mol. The molecule has 1 aromatic heterocycles. The van der Waals surface area contributed by atoms with Gasteiger partial charge in [0.25, 0.3) is 5.91 Å². The number of sulfonamides is 1. The van der Waals surface area contributed by atoms with Gasteiger partial charge in [-0.05, 0) is 49.2 Å². The number of rotatable bonds is 4. The lowest BCUT2D eigenvalue weighted by atomic mass is 10.1. The van der Waals surface area contributed by atoms with E-state index in [9.17, 15) is 26.4 Å². The van der Waals surface area contributed by atoms with Gasteiger partial charge in [0.15, 0.2) is 0 Å². The summed E-state index contributed by atoms with van der Waals surface area (Å²) in [6.07, 6.45) is -2.53. The summed E-state index contributed by atoms with van der Waals surface area (Å²) in [5.74, 6) is 0.0841. The van der Waals surface area contributed by atoms with Crippen molar-refractivity contribution in [1.82, 2.24) is 14.2 Å². The number of halogens is 3. The largest absolute Gasteiger partial charge is 0.416 e. The molecule has 0 saturated carbocycles. The van der Waals surface area contributed by atoms with Crippen molar-refractivity contribution in [3.8, 4) is 0 Å². The third-order valence-corrected chi connectivity index (χ3v) is 7.18. The number of hydrogen-bond donors (Lipinski definition) is 1. The monoisotopic (exact) mass is 456 g/mol. The maximum atomic E-state index is 12.9. The van der Waals surface area contributed by atoms with Gasteiger partial charge in [0.2, 0.25) is 10.0 Å². The minimum Gasteiger partial charge on any atom is -0.383 e.